The van der Waals surface area contributed by atoms with Crippen LogP contribution in [-0.4, -0.2) is 37.0 Å². The van der Waals surface area contributed by atoms with Crippen molar-refractivity contribution < 1.29 is 9.53 Å². The Morgan fingerprint density at radius 2 is 1.67 bits per heavy atom. The molecule has 0 radical (unpaired) electrons. The highest BCUT2D eigenvalue weighted by atomic mass is 35.5. The average Bonchev–Trinajstić information content (AvgIpc) is 2.68. The highest BCUT2D eigenvalue weighted by Gasteiger charge is 2.29. The minimum atomic E-state index is -0.0768. The van der Waals surface area contributed by atoms with Crippen molar-refractivity contribution in [2.24, 2.45) is 0 Å². The number of anilines is 1. The Morgan fingerprint density at radius 1 is 1.00 bits per heavy atom. The molecule has 1 aliphatic heterocycles. The van der Waals surface area contributed by atoms with E-state index in [-0.39, 0.29) is 18.3 Å². The summed E-state index contributed by atoms with van der Waals surface area (Å²) in [6.45, 7) is 8.06. The Bertz CT molecular complexity index is 773. The van der Waals surface area contributed by atoms with E-state index in [0.29, 0.717) is 12.3 Å². The van der Waals surface area contributed by atoms with E-state index in [0.717, 1.165) is 43.1 Å². The minimum Gasteiger partial charge on any atom is -0.449 e. The molecule has 0 fully saturated rings. The molecule has 2 aromatic carbocycles. The van der Waals surface area contributed by atoms with Crippen molar-refractivity contribution in [2.45, 2.75) is 20.3 Å². The molecule has 0 N–H and O–H groups in total. The van der Waals surface area contributed by atoms with Crippen molar-refractivity contribution in [3.8, 4) is 5.75 Å². The number of hydrogen-bond donors (Lipinski definition) is 0. The standard InChI is InChI=1S/C22H26N2O2.ClH/c1-3-23(4-2)15-10-16-24-19-13-8-9-14-20(19)26-21(22(24)25)17-18-11-6-5-7-12-18;/h5-9,11-14,17H,3-4,10,15-16H2,1-2H3;1H/b21-17-;. The molecule has 1 heterocycles. The van der Waals surface area contributed by atoms with Gasteiger partial charge in [-0.3, -0.25) is 4.79 Å². The van der Waals surface area contributed by atoms with Gasteiger partial charge in [0.2, 0.25) is 0 Å². The molecule has 27 heavy (non-hydrogen) atoms. The van der Waals surface area contributed by atoms with E-state index in [1.165, 1.54) is 0 Å². The van der Waals surface area contributed by atoms with Gasteiger partial charge in [0.25, 0.3) is 5.91 Å². The van der Waals surface area contributed by atoms with E-state index in [1.807, 2.05) is 65.6 Å². The average molecular weight is 387 g/mol. The molecule has 4 nitrogen and oxygen atoms in total. The van der Waals surface area contributed by atoms with Crippen LogP contribution in [0.15, 0.2) is 60.4 Å². The number of rotatable bonds is 7. The van der Waals surface area contributed by atoms with Crippen LogP contribution in [0.5, 0.6) is 5.75 Å². The lowest BCUT2D eigenvalue weighted by molar-refractivity contribution is -0.117. The zero-order valence-corrected chi connectivity index (χ0v) is 16.7. The fraction of sp³-hybridized carbons (Fsp3) is 0.318. The summed E-state index contributed by atoms with van der Waals surface area (Å²) in [6, 6.07) is 17.5. The molecule has 0 spiro atoms. The van der Waals surface area contributed by atoms with Crippen LogP contribution >= 0.6 is 12.4 Å². The normalized spacial score (nSPS) is 14.7. The topological polar surface area (TPSA) is 32.8 Å². The van der Waals surface area contributed by atoms with E-state index >= 15 is 0 Å². The van der Waals surface area contributed by atoms with Gasteiger partial charge in [0, 0.05) is 6.54 Å². The van der Waals surface area contributed by atoms with Crippen molar-refractivity contribution in [3.63, 3.8) is 0 Å². The monoisotopic (exact) mass is 386 g/mol. The number of fused-ring (bicyclic) bond motifs is 1. The number of nitrogens with zero attached hydrogens (tertiary/aromatic N) is 2. The third-order valence-electron chi connectivity index (χ3n) is 4.68. The molecule has 0 atom stereocenters. The molecule has 144 valence electrons. The quantitative estimate of drug-likeness (QED) is 0.651. The Hall–Kier alpha value is -2.30. The van der Waals surface area contributed by atoms with E-state index in [4.69, 9.17) is 4.74 Å². The van der Waals surface area contributed by atoms with Gasteiger partial charge in [-0.05, 0) is 49.8 Å². The Balaban J connectivity index is 0.00000261. The maximum atomic E-state index is 13.0. The molecular formula is C22H27ClN2O2. The fourth-order valence-electron chi connectivity index (χ4n) is 3.18. The molecule has 0 saturated heterocycles. The van der Waals surface area contributed by atoms with Crippen LogP contribution in [-0.2, 0) is 4.79 Å². The van der Waals surface area contributed by atoms with Crippen molar-refractivity contribution in [1.29, 1.82) is 0 Å². The molecule has 3 rings (SSSR count). The summed E-state index contributed by atoms with van der Waals surface area (Å²) in [5.41, 5.74) is 1.81. The fourth-order valence-corrected chi connectivity index (χ4v) is 3.18. The van der Waals surface area contributed by atoms with Crippen LogP contribution in [0.2, 0.25) is 0 Å². The van der Waals surface area contributed by atoms with Crippen LogP contribution in [0.4, 0.5) is 5.69 Å². The number of carbonyl (C=O) groups is 1. The number of carbonyl (C=O) groups excluding carboxylic acids is 1. The minimum absolute atomic E-state index is 0. The zero-order chi connectivity index (χ0) is 18.4. The molecule has 0 aliphatic carbocycles. The van der Waals surface area contributed by atoms with Crippen molar-refractivity contribution in [3.05, 3.63) is 65.9 Å². The van der Waals surface area contributed by atoms with Crippen LogP contribution in [0.1, 0.15) is 25.8 Å². The number of ether oxygens (including phenoxy) is 1. The first-order chi connectivity index (χ1) is 12.7. The van der Waals surface area contributed by atoms with E-state index in [1.54, 1.807) is 0 Å². The molecule has 0 aromatic heterocycles. The molecule has 2 aromatic rings. The maximum absolute atomic E-state index is 13.0. The Labute approximate surface area is 167 Å². The smallest absolute Gasteiger partial charge is 0.294 e. The van der Waals surface area contributed by atoms with Gasteiger partial charge < -0.3 is 14.5 Å². The van der Waals surface area contributed by atoms with Gasteiger partial charge in [0.15, 0.2) is 11.5 Å². The number of hydrogen-bond acceptors (Lipinski definition) is 3. The summed E-state index contributed by atoms with van der Waals surface area (Å²) in [5.74, 6) is 1.03. The second-order valence-corrected chi connectivity index (χ2v) is 6.33. The predicted molar refractivity (Wildman–Crippen MR) is 113 cm³/mol. The summed E-state index contributed by atoms with van der Waals surface area (Å²) in [4.78, 5) is 17.2. The summed E-state index contributed by atoms with van der Waals surface area (Å²) >= 11 is 0. The van der Waals surface area contributed by atoms with Crippen molar-refractivity contribution in [2.75, 3.05) is 31.1 Å². The summed E-state index contributed by atoms with van der Waals surface area (Å²) in [5, 5.41) is 0. The van der Waals surface area contributed by atoms with Gasteiger partial charge in [0.1, 0.15) is 0 Å². The van der Waals surface area contributed by atoms with Gasteiger partial charge >= 0.3 is 0 Å². The molecule has 5 heteroatoms. The maximum Gasteiger partial charge on any atom is 0.294 e. The highest BCUT2D eigenvalue weighted by molar-refractivity contribution is 6.09. The van der Waals surface area contributed by atoms with E-state index in [9.17, 15) is 4.79 Å². The van der Waals surface area contributed by atoms with Gasteiger partial charge in [-0.2, -0.15) is 0 Å². The lowest BCUT2D eigenvalue weighted by Gasteiger charge is -2.31. The van der Waals surface area contributed by atoms with Crippen molar-refractivity contribution >= 4 is 30.1 Å². The third kappa shape index (κ3) is 5.12. The van der Waals surface area contributed by atoms with Crippen LogP contribution < -0.4 is 9.64 Å². The molecule has 1 aliphatic rings. The summed E-state index contributed by atoms with van der Waals surface area (Å²) in [6.07, 6.45) is 2.75. The third-order valence-corrected chi connectivity index (χ3v) is 4.68. The molecule has 0 bridgehead atoms. The number of para-hydroxylation sites is 2. The van der Waals surface area contributed by atoms with Crippen LogP contribution in [0, 0.1) is 0 Å². The highest BCUT2D eigenvalue weighted by Crippen LogP contribution is 2.35. The first-order valence-electron chi connectivity index (χ1n) is 9.30. The zero-order valence-electron chi connectivity index (χ0n) is 15.9. The number of benzene rings is 2. The second-order valence-electron chi connectivity index (χ2n) is 6.33. The van der Waals surface area contributed by atoms with Gasteiger partial charge in [-0.15, -0.1) is 12.4 Å². The van der Waals surface area contributed by atoms with Crippen LogP contribution in [0.25, 0.3) is 6.08 Å². The molecule has 0 saturated carbocycles. The SMILES string of the molecule is CCN(CC)CCCN1C(=O)/C(=C/c2ccccc2)Oc2ccccc21.Cl. The first kappa shape index (κ1) is 21.0. The van der Waals surface area contributed by atoms with Gasteiger partial charge in [-0.1, -0.05) is 56.3 Å². The first-order valence-corrected chi connectivity index (χ1v) is 9.30. The van der Waals surface area contributed by atoms with Crippen LogP contribution in [0.3, 0.4) is 0 Å². The van der Waals surface area contributed by atoms with E-state index < -0.39 is 0 Å². The van der Waals surface area contributed by atoms with E-state index in [2.05, 4.69) is 18.7 Å². The molecule has 0 unspecified atom stereocenters. The largest absolute Gasteiger partial charge is 0.449 e. The second kappa shape index (κ2) is 10.1. The Morgan fingerprint density at radius 3 is 2.37 bits per heavy atom. The summed E-state index contributed by atoms with van der Waals surface area (Å²) < 4.78 is 5.91. The lowest BCUT2D eigenvalue weighted by Crippen LogP contribution is -2.39. The van der Waals surface area contributed by atoms with Crippen molar-refractivity contribution in [1.82, 2.24) is 4.90 Å². The number of amides is 1. The lowest BCUT2D eigenvalue weighted by atomic mass is 10.1. The Kier molecular flexibility index (Phi) is 7.89. The number of halogens is 1. The van der Waals surface area contributed by atoms with Gasteiger partial charge in [-0.25, -0.2) is 0 Å². The predicted octanol–water partition coefficient (Wildman–Crippen LogP) is 4.61. The summed E-state index contributed by atoms with van der Waals surface area (Å²) in [7, 11) is 0. The molecular weight excluding hydrogens is 360 g/mol. The van der Waals surface area contributed by atoms with Gasteiger partial charge in [0.05, 0.1) is 5.69 Å². The molecule has 1 amide bonds.